The molecule has 1 aliphatic rings. The molecule has 2 rings (SSSR count). The van der Waals surface area contributed by atoms with Crippen LogP contribution >= 0.6 is 11.8 Å². The van der Waals surface area contributed by atoms with Gasteiger partial charge in [0.1, 0.15) is 0 Å². The second-order valence-corrected chi connectivity index (χ2v) is 6.99. The van der Waals surface area contributed by atoms with Gasteiger partial charge in [0.15, 0.2) is 0 Å². The van der Waals surface area contributed by atoms with E-state index in [-0.39, 0.29) is 18.4 Å². The fraction of sp³-hybridized carbons (Fsp3) is 0.529. The standard InChI is InChI=1S/C17H23NO3S/c1-12-5-6-15(10-13(12)2)22-9-7-16(19)18-8-3-4-14(18)11-17(20)21/h5-6,10,14H,3-4,7-9,11H2,1-2H3,(H,20,21). The van der Waals surface area contributed by atoms with Crippen molar-refractivity contribution >= 4 is 23.6 Å². The van der Waals surface area contributed by atoms with E-state index >= 15 is 0 Å². The number of carboxylic acids is 1. The van der Waals surface area contributed by atoms with Crippen LogP contribution in [-0.2, 0) is 9.59 Å². The van der Waals surface area contributed by atoms with Gasteiger partial charge >= 0.3 is 5.97 Å². The molecule has 1 heterocycles. The lowest BCUT2D eigenvalue weighted by molar-refractivity contribution is -0.139. The number of benzene rings is 1. The van der Waals surface area contributed by atoms with Gasteiger partial charge in [-0.25, -0.2) is 0 Å². The van der Waals surface area contributed by atoms with Crippen LogP contribution in [0, 0.1) is 13.8 Å². The number of rotatable bonds is 6. The summed E-state index contributed by atoms with van der Waals surface area (Å²) in [7, 11) is 0. The van der Waals surface area contributed by atoms with E-state index in [1.165, 1.54) is 16.0 Å². The number of hydrogen-bond acceptors (Lipinski definition) is 3. The first-order valence-electron chi connectivity index (χ1n) is 7.68. The maximum atomic E-state index is 12.3. The van der Waals surface area contributed by atoms with Crippen molar-refractivity contribution in [3.63, 3.8) is 0 Å². The largest absolute Gasteiger partial charge is 0.481 e. The van der Waals surface area contributed by atoms with E-state index in [1.54, 1.807) is 16.7 Å². The molecular weight excluding hydrogens is 298 g/mol. The molecule has 0 saturated carbocycles. The molecule has 1 fully saturated rings. The molecule has 0 radical (unpaired) electrons. The SMILES string of the molecule is Cc1ccc(SCCC(=O)N2CCCC2CC(=O)O)cc1C. The second-order valence-electron chi connectivity index (χ2n) is 5.83. The number of nitrogens with zero attached hydrogens (tertiary/aromatic N) is 1. The summed E-state index contributed by atoms with van der Waals surface area (Å²) in [6.07, 6.45) is 2.25. The Morgan fingerprint density at radius 1 is 1.32 bits per heavy atom. The van der Waals surface area contributed by atoms with Crippen molar-refractivity contribution in [2.45, 2.75) is 50.5 Å². The van der Waals surface area contributed by atoms with E-state index in [2.05, 4.69) is 32.0 Å². The van der Waals surface area contributed by atoms with Crippen molar-refractivity contribution in [3.05, 3.63) is 29.3 Å². The van der Waals surface area contributed by atoms with Crippen LogP contribution in [0.15, 0.2) is 23.1 Å². The van der Waals surface area contributed by atoms with Gasteiger partial charge in [-0.1, -0.05) is 6.07 Å². The van der Waals surface area contributed by atoms with Gasteiger partial charge in [-0.3, -0.25) is 9.59 Å². The highest BCUT2D eigenvalue weighted by Gasteiger charge is 2.29. The van der Waals surface area contributed by atoms with Gasteiger partial charge in [-0.15, -0.1) is 11.8 Å². The average molecular weight is 321 g/mol. The molecule has 1 amide bonds. The number of carbonyl (C=O) groups excluding carboxylic acids is 1. The number of hydrogen-bond donors (Lipinski definition) is 1. The van der Waals surface area contributed by atoms with Gasteiger partial charge < -0.3 is 10.0 Å². The van der Waals surface area contributed by atoms with E-state index in [1.807, 2.05) is 0 Å². The second kappa shape index (κ2) is 7.68. The Morgan fingerprint density at radius 2 is 2.09 bits per heavy atom. The third-order valence-electron chi connectivity index (χ3n) is 4.17. The van der Waals surface area contributed by atoms with Gasteiger partial charge in [0, 0.05) is 29.7 Å². The molecule has 1 saturated heterocycles. The first kappa shape index (κ1) is 16.9. The third kappa shape index (κ3) is 4.50. The Hall–Kier alpha value is -1.49. The lowest BCUT2D eigenvalue weighted by Crippen LogP contribution is -2.36. The van der Waals surface area contributed by atoms with Crippen molar-refractivity contribution in [2.24, 2.45) is 0 Å². The summed E-state index contributed by atoms with van der Waals surface area (Å²) in [6.45, 7) is 4.87. The minimum atomic E-state index is -0.825. The summed E-state index contributed by atoms with van der Waals surface area (Å²) >= 11 is 1.68. The van der Waals surface area contributed by atoms with E-state index in [0.717, 1.165) is 18.6 Å². The number of amides is 1. The maximum absolute atomic E-state index is 12.3. The molecule has 1 unspecified atom stereocenters. The zero-order valence-electron chi connectivity index (χ0n) is 13.2. The molecule has 4 nitrogen and oxygen atoms in total. The quantitative estimate of drug-likeness (QED) is 0.817. The molecule has 120 valence electrons. The van der Waals surface area contributed by atoms with E-state index in [9.17, 15) is 9.59 Å². The van der Waals surface area contributed by atoms with Crippen LogP contribution in [0.2, 0.25) is 0 Å². The Labute approximate surface area is 135 Å². The molecule has 1 aromatic carbocycles. The highest BCUT2D eigenvalue weighted by molar-refractivity contribution is 7.99. The first-order valence-corrected chi connectivity index (χ1v) is 8.67. The monoisotopic (exact) mass is 321 g/mol. The molecule has 5 heteroatoms. The van der Waals surface area contributed by atoms with Crippen molar-refractivity contribution in [1.82, 2.24) is 4.90 Å². The van der Waals surface area contributed by atoms with Crippen molar-refractivity contribution in [3.8, 4) is 0 Å². The molecule has 1 N–H and O–H groups in total. The lowest BCUT2D eigenvalue weighted by Gasteiger charge is -2.23. The van der Waals surface area contributed by atoms with Crippen LogP contribution < -0.4 is 0 Å². The highest BCUT2D eigenvalue weighted by atomic mass is 32.2. The zero-order chi connectivity index (χ0) is 16.1. The predicted molar refractivity (Wildman–Crippen MR) is 88.2 cm³/mol. The number of likely N-dealkylation sites (tertiary alicyclic amines) is 1. The van der Waals surface area contributed by atoms with Gasteiger partial charge in [-0.05, 0) is 49.9 Å². The molecule has 0 spiro atoms. The Kier molecular flexibility index (Phi) is 5.89. The Balaban J connectivity index is 1.82. The molecule has 0 bridgehead atoms. The molecule has 1 aliphatic heterocycles. The molecule has 0 aliphatic carbocycles. The van der Waals surface area contributed by atoms with Gasteiger partial charge in [0.25, 0.3) is 0 Å². The fourth-order valence-electron chi connectivity index (χ4n) is 2.78. The molecule has 0 aromatic heterocycles. The summed E-state index contributed by atoms with van der Waals surface area (Å²) in [4.78, 5) is 26.0. The summed E-state index contributed by atoms with van der Waals surface area (Å²) in [6, 6.07) is 6.22. The van der Waals surface area contributed by atoms with Crippen LogP contribution in [0.5, 0.6) is 0 Å². The van der Waals surface area contributed by atoms with Crippen LogP contribution in [0.3, 0.4) is 0 Å². The normalized spacial score (nSPS) is 17.7. The lowest BCUT2D eigenvalue weighted by atomic mass is 10.1. The number of aryl methyl sites for hydroxylation is 2. The first-order chi connectivity index (χ1) is 10.5. The number of carboxylic acid groups (broad SMARTS) is 1. The van der Waals surface area contributed by atoms with Crippen LogP contribution in [0.4, 0.5) is 0 Å². The van der Waals surface area contributed by atoms with E-state index in [0.29, 0.717) is 13.0 Å². The highest BCUT2D eigenvalue weighted by Crippen LogP contribution is 2.24. The molecule has 1 atom stereocenters. The maximum Gasteiger partial charge on any atom is 0.305 e. The molecule has 22 heavy (non-hydrogen) atoms. The van der Waals surface area contributed by atoms with Gasteiger partial charge in [-0.2, -0.15) is 0 Å². The predicted octanol–water partition coefficient (Wildman–Crippen LogP) is 3.25. The smallest absolute Gasteiger partial charge is 0.305 e. The van der Waals surface area contributed by atoms with Crippen LogP contribution in [0.1, 0.15) is 36.8 Å². The summed E-state index contributed by atoms with van der Waals surface area (Å²) in [5.41, 5.74) is 2.53. The van der Waals surface area contributed by atoms with Crippen molar-refractivity contribution in [2.75, 3.05) is 12.3 Å². The average Bonchev–Trinajstić information content (AvgIpc) is 2.90. The summed E-state index contributed by atoms with van der Waals surface area (Å²) in [5.74, 6) is -0.00764. The minimum Gasteiger partial charge on any atom is -0.481 e. The molecular formula is C17H23NO3S. The van der Waals surface area contributed by atoms with Crippen molar-refractivity contribution < 1.29 is 14.7 Å². The third-order valence-corrected chi connectivity index (χ3v) is 5.17. The van der Waals surface area contributed by atoms with E-state index in [4.69, 9.17) is 5.11 Å². The van der Waals surface area contributed by atoms with Crippen LogP contribution in [0.25, 0.3) is 0 Å². The van der Waals surface area contributed by atoms with Crippen molar-refractivity contribution in [1.29, 1.82) is 0 Å². The summed E-state index contributed by atoms with van der Waals surface area (Å²) < 4.78 is 0. The minimum absolute atomic E-state index is 0.0655. The van der Waals surface area contributed by atoms with Gasteiger partial charge in [0.2, 0.25) is 5.91 Å². The van der Waals surface area contributed by atoms with Gasteiger partial charge in [0.05, 0.1) is 6.42 Å². The van der Waals surface area contributed by atoms with E-state index < -0.39 is 5.97 Å². The number of thioether (sulfide) groups is 1. The van der Waals surface area contributed by atoms with Crippen LogP contribution in [-0.4, -0.2) is 40.2 Å². The number of carbonyl (C=O) groups is 2. The zero-order valence-corrected chi connectivity index (χ0v) is 14.0. The Morgan fingerprint density at radius 3 is 2.77 bits per heavy atom. The summed E-state index contributed by atoms with van der Waals surface area (Å²) in [5, 5.41) is 8.90. The molecule has 1 aromatic rings. The fourth-order valence-corrected chi connectivity index (χ4v) is 3.72. The number of aliphatic carboxylic acids is 1. The topological polar surface area (TPSA) is 57.6 Å². The Bertz CT molecular complexity index is 559.